The molecule has 0 rings (SSSR count). The number of carbonyl (C=O) groups excluding carboxylic acids is 1. The third kappa shape index (κ3) is 58.5. The van der Waals surface area contributed by atoms with Crippen LogP contribution in [-0.4, -0.2) is 34.9 Å². The lowest BCUT2D eigenvalue weighted by Gasteiger charge is -2.20. The molecule has 0 aromatic carbocycles. The predicted octanol–water partition coefficient (Wildman–Crippen LogP) is 21.5. The van der Waals surface area contributed by atoms with Gasteiger partial charge in [0.25, 0.3) is 0 Å². The third-order valence-corrected chi connectivity index (χ3v) is 14.4. The first kappa shape index (κ1) is 69.6. The fourth-order valence-corrected chi connectivity index (χ4v) is 9.60. The Hall–Kier alpha value is -2.43. The van der Waals surface area contributed by atoms with Crippen LogP contribution in [-0.2, 0) is 4.79 Å². The van der Waals surface area contributed by atoms with E-state index in [2.05, 4.69) is 92.1 Å². The van der Waals surface area contributed by atoms with Crippen molar-refractivity contribution in [3.63, 3.8) is 0 Å². The molecule has 72 heavy (non-hydrogen) atoms. The first-order chi connectivity index (χ1) is 35.7. The molecular formula is C68H123NO3. The van der Waals surface area contributed by atoms with Gasteiger partial charge >= 0.3 is 0 Å². The van der Waals surface area contributed by atoms with E-state index < -0.39 is 12.1 Å². The van der Waals surface area contributed by atoms with E-state index in [1.165, 1.54) is 238 Å². The molecule has 0 aliphatic carbocycles. The minimum Gasteiger partial charge on any atom is -0.394 e. The van der Waals surface area contributed by atoms with Gasteiger partial charge in [-0.3, -0.25) is 4.79 Å². The summed E-state index contributed by atoms with van der Waals surface area (Å²) < 4.78 is 0. The van der Waals surface area contributed by atoms with Crippen molar-refractivity contribution in [2.45, 2.75) is 334 Å². The van der Waals surface area contributed by atoms with Gasteiger partial charge < -0.3 is 15.5 Å². The first-order valence-corrected chi connectivity index (χ1v) is 31.8. The Bertz CT molecular complexity index is 1270. The van der Waals surface area contributed by atoms with Crippen LogP contribution in [0.15, 0.2) is 85.1 Å². The van der Waals surface area contributed by atoms with Crippen LogP contribution < -0.4 is 5.32 Å². The van der Waals surface area contributed by atoms with E-state index in [0.717, 1.165) is 64.2 Å². The molecule has 0 heterocycles. The highest BCUT2D eigenvalue weighted by Crippen LogP contribution is 2.18. The Kier molecular flexibility index (Phi) is 60.7. The molecule has 4 nitrogen and oxygen atoms in total. The summed E-state index contributed by atoms with van der Waals surface area (Å²) in [5.74, 6) is -0.0653. The fourth-order valence-electron chi connectivity index (χ4n) is 9.60. The Balaban J connectivity index is 3.50. The second-order valence-corrected chi connectivity index (χ2v) is 21.5. The number of hydrogen-bond donors (Lipinski definition) is 3. The summed E-state index contributed by atoms with van der Waals surface area (Å²) in [6.07, 6.45) is 92.0. The zero-order valence-electron chi connectivity index (χ0n) is 48.2. The van der Waals surface area contributed by atoms with E-state index in [0.29, 0.717) is 6.42 Å². The maximum atomic E-state index is 12.5. The highest BCUT2D eigenvalue weighted by atomic mass is 16.3. The minimum atomic E-state index is -0.846. The van der Waals surface area contributed by atoms with Gasteiger partial charge in [0, 0.05) is 6.42 Å². The average molecular weight is 1000 g/mol. The number of allylic oxidation sites excluding steroid dienone is 13. The molecule has 1 amide bonds. The highest BCUT2D eigenvalue weighted by molar-refractivity contribution is 5.76. The number of aliphatic hydroxyl groups excluding tert-OH is 2. The quantitative estimate of drug-likeness (QED) is 0.0420. The number of hydrogen-bond acceptors (Lipinski definition) is 3. The molecule has 0 aliphatic heterocycles. The number of nitrogens with one attached hydrogen (secondary N) is 1. The molecule has 0 bridgehead atoms. The van der Waals surface area contributed by atoms with Gasteiger partial charge in [0.05, 0.1) is 18.8 Å². The number of unbranched alkanes of at least 4 members (excludes halogenated alkanes) is 39. The van der Waals surface area contributed by atoms with Gasteiger partial charge in [-0.15, -0.1) is 0 Å². The molecule has 418 valence electrons. The van der Waals surface area contributed by atoms with Crippen LogP contribution in [0.1, 0.15) is 322 Å². The van der Waals surface area contributed by atoms with Gasteiger partial charge in [0.15, 0.2) is 0 Å². The SMILES string of the molecule is CC/C=C\C/C=C\C/C=C\C/C=C\C/C=C\C/C=C\CCCCCCCCCCCCCCC(=O)NC(CO)C(O)/C=C/CCCCCCCCCCCCCCCCCCCCCCCCCCCCC. The summed E-state index contributed by atoms with van der Waals surface area (Å²) in [7, 11) is 0. The van der Waals surface area contributed by atoms with Crippen LogP contribution in [0.5, 0.6) is 0 Å². The summed E-state index contributed by atoms with van der Waals surface area (Å²) in [6.45, 7) is 4.22. The number of carbonyl (C=O) groups is 1. The van der Waals surface area contributed by atoms with Crippen molar-refractivity contribution in [3.05, 3.63) is 85.1 Å². The molecule has 0 saturated heterocycles. The Morgan fingerprint density at radius 2 is 0.611 bits per heavy atom. The van der Waals surface area contributed by atoms with Crippen molar-refractivity contribution >= 4 is 5.91 Å². The lowest BCUT2D eigenvalue weighted by atomic mass is 10.0. The lowest BCUT2D eigenvalue weighted by Crippen LogP contribution is -2.45. The van der Waals surface area contributed by atoms with E-state index in [1.807, 2.05) is 6.08 Å². The zero-order chi connectivity index (χ0) is 52.0. The molecular weight excluding hydrogens is 879 g/mol. The Labute approximate surface area is 450 Å². The average Bonchev–Trinajstić information content (AvgIpc) is 3.39. The summed E-state index contributed by atoms with van der Waals surface area (Å²) >= 11 is 0. The van der Waals surface area contributed by atoms with Crippen molar-refractivity contribution in [1.29, 1.82) is 0 Å². The standard InChI is InChI=1S/C68H123NO3/c1-3-5-7-9-11-13-15-17-19-21-23-25-27-29-31-33-34-36-38-40-42-44-46-48-50-52-54-56-58-60-62-64-68(72)69-66(65-70)67(71)63-61-59-57-55-53-51-49-47-45-43-41-39-37-35-32-30-28-26-24-22-20-18-16-14-12-10-8-6-4-2/h5,7,11,13,17,19,23,25,29,31,34,36,61,63,66-67,70-71H,3-4,6,8-10,12,14-16,18,20-22,24,26-28,30,32-33,35,37-60,62,64-65H2,1-2H3,(H,69,72)/b7-5-,13-11-,19-17-,25-23-,31-29-,36-34-,63-61+. The monoisotopic (exact) mass is 1000 g/mol. The summed E-state index contributed by atoms with van der Waals surface area (Å²) in [5.41, 5.74) is 0. The van der Waals surface area contributed by atoms with Crippen LogP contribution in [0.4, 0.5) is 0 Å². The normalized spacial score (nSPS) is 13.3. The minimum absolute atomic E-state index is 0.0653. The van der Waals surface area contributed by atoms with Gasteiger partial charge in [-0.1, -0.05) is 330 Å². The van der Waals surface area contributed by atoms with Crippen molar-refractivity contribution in [1.82, 2.24) is 5.32 Å². The van der Waals surface area contributed by atoms with Crippen LogP contribution in [0.25, 0.3) is 0 Å². The predicted molar refractivity (Wildman–Crippen MR) is 322 cm³/mol. The molecule has 0 fully saturated rings. The smallest absolute Gasteiger partial charge is 0.220 e. The van der Waals surface area contributed by atoms with E-state index >= 15 is 0 Å². The molecule has 0 saturated carbocycles. The molecule has 4 heteroatoms. The maximum absolute atomic E-state index is 12.5. The van der Waals surface area contributed by atoms with Crippen molar-refractivity contribution in [2.24, 2.45) is 0 Å². The summed E-state index contributed by atoms with van der Waals surface area (Å²) in [6, 6.07) is -0.630. The van der Waals surface area contributed by atoms with Crippen molar-refractivity contribution in [3.8, 4) is 0 Å². The molecule has 0 radical (unpaired) electrons. The van der Waals surface area contributed by atoms with E-state index in [-0.39, 0.29) is 12.5 Å². The Morgan fingerprint density at radius 3 is 0.917 bits per heavy atom. The van der Waals surface area contributed by atoms with E-state index in [1.54, 1.807) is 6.08 Å². The summed E-state index contributed by atoms with van der Waals surface area (Å²) in [5, 5.41) is 23.3. The molecule has 2 atom stereocenters. The molecule has 0 aromatic rings. The summed E-state index contributed by atoms with van der Waals surface area (Å²) in [4.78, 5) is 12.5. The van der Waals surface area contributed by atoms with Crippen LogP contribution in [0.3, 0.4) is 0 Å². The number of aliphatic hydroxyl groups is 2. The van der Waals surface area contributed by atoms with Gasteiger partial charge in [0.1, 0.15) is 0 Å². The lowest BCUT2D eigenvalue weighted by molar-refractivity contribution is -0.123. The molecule has 0 aromatic heterocycles. The zero-order valence-corrected chi connectivity index (χ0v) is 48.2. The molecule has 0 aliphatic rings. The van der Waals surface area contributed by atoms with Gasteiger partial charge in [-0.2, -0.15) is 0 Å². The van der Waals surface area contributed by atoms with Crippen molar-refractivity contribution in [2.75, 3.05) is 6.61 Å². The van der Waals surface area contributed by atoms with Gasteiger partial charge in [-0.05, 0) is 70.6 Å². The molecule has 3 N–H and O–H groups in total. The van der Waals surface area contributed by atoms with Crippen LogP contribution >= 0.6 is 0 Å². The van der Waals surface area contributed by atoms with E-state index in [9.17, 15) is 15.0 Å². The third-order valence-electron chi connectivity index (χ3n) is 14.4. The molecule has 2 unspecified atom stereocenters. The van der Waals surface area contributed by atoms with Crippen LogP contribution in [0, 0.1) is 0 Å². The number of rotatable bonds is 58. The first-order valence-electron chi connectivity index (χ1n) is 31.8. The molecule has 0 spiro atoms. The maximum Gasteiger partial charge on any atom is 0.220 e. The Morgan fingerprint density at radius 1 is 0.347 bits per heavy atom. The van der Waals surface area contributed by atoms with E-state index in [4.69, 9.17) is 0 Å². The van der Waals surface area contributed by atoms with Crippen LogP contribution in [0.2, 0.25) is 0 Å². The fraction of sp³-hybridized carbons (Fsp3) is 0.779. The van der Waals surface area contributed by atoms with Gasteiger partial charge in [-0.25, -0.2) is 0 Å². The number of amides is 1. The van der Waals surface area contributed by atoms with Gasteiger partial charge in [0.2, 0.25) is 5.91 Å². The second-order valence-electron chi connectivity index (χ2n) is 21.5. The topological polar surface area (TPSA) is 69.6 Å². The highest BCUT2D eigenvalue weighted by Gasteiger charge is 2.18. The van der Waals surface area contributed by atoms with Crippen molar-refractivity contribution < 1.29 is 15.0 Å². The largest absolute Gasteiger partial charge is 0.394 e. The second kappa shape index (κ2) is 62.9.